The molecule has 0 bridgehead atoms. The highest BCUT2D eigenvalue weighted by atomic mass is 79.9. The normalized spacial score (nSPS) is 10.4. The van der Waals surface area contributed by atoms with Crippen LogP contribution in [0.4, 0.5) is 5.69 Å². The van der Waals surface area contributed by atoms with E-state index < -0.39 is 5.97 Å². The SMILES string of the molecule is CCOC(=O)c1n[nH]nc1-c1cc(Br)c(OCC(=O)Nc2ccccc2OC)c(OC)c1. The molecule has 0 radical (unpaired) electrons. The number of esters is 1. The van der Waals surface area contributed by atoms with Crippen LogP contribution in [0.25, 0.3) is 11.3 Å². The molecule has 2 aromatic carbocycles. The topological polar surface area (TPSA) is 125 Å². The van der Waals surface area contributed by atoms with Crippen molar-refractivity contribution in [1.82, 2.24) is 15.4 Å². The zero-order valence-corrected chi connectivity index (χ0v) is 19.2. The Morgan fingerprint density at radius 1 is 1.09 bits per heavy atom. The number of nitrogens with zero attached hydrogens (tertiary/aromatic N) is 2. The first-order valence-electron chi connectivity index (χ1n) is 9.49. The van der Waals surface area contributed by atoms with Crippen LogP contribution in [0.2, 0.25) is 0 Å². The van der Waals surface area contributed by atoms with E-state index in [0.717, 1.165) is 0 Å². The number of anilines is 1. The average Bonchev–Trinajstić information content (AvgIpc) is 3.28. The molecule has 0 saturated carbocycles. The molecule has 10 nitrogen and oxygen atoms in total. The molecule has 0 aliphatic heterocycles. The van der Waals surface area contributed by atoms with Gasteiger partial charge in [-0.25, -0.2) is 4.79 Å². The molecule has 2 N–H and O–H groups in total. The lowest BCUT2D eigenvalue weighted by molar-refractivity contribution is -0.118. The van der Waals surface area contributed by atoms with Gasteiger partial charge in [0.15, 0.2) is 23.8 Å². The summed E-state index contributed by atoms with van der Waals surface area (Å²) in [6.45, 7) is 1.64. The minimum Gasteiger partial charge on any atom is -0.495 e. The molecule has 3 aromatic rings. The summed E-state index contributed by atoms with van der Waals surface area (Å²) >= 11 is 3.43. The first-order chi connectivity index (χ1) is 15.5. The fourth-order valence-electron chi connectivity index (χ4n) is 2.84. The van der Waals surface area contributed by atoms with Crippen molar-refractivity contribution in [3.8, 4) is 28.5 Å². The second kappa shape index (κ2) is 10.6. The van der Waals surface area contributed by atoms with Gasteiger partial charge in [0, 0.05) is 5.56 Å². The third-order valence-electron chi connectivity index (χ3n) is 4.25. The first kappa shape index (κ1) is 23.1. The molecule has 0 aliphatic carbocycles. The van der Waals surface area contributed by atoms with Crippen molar-refractivity contribution in [3.05, 3.63) is 46.6 Å². The fraction of sp³-hybridized carbons (Fsp3) is 0.238. The van der Waals surface area contributed by atoms with Gasteiger partial charge >= 0.3 is 5.97 Å². The molecule has 0 fully saturated rings. The van der Waals surface area contributed by atoms with Gasteiger partial charge in [0.2, 0.25) is 0 Å². The Bertz CT molecular complexity index is 1120. The lowest BCUT2D eigenvalue weighted by atomic mass is 10.1. The second-order valence-corrected chi connectivity index (χ2v) is 7.12. The Morgan fingerprint density at radius 3 is 2.56 bits per heavy atom. The highest BCUT2D eigenvalue weighted by Gasteiger charge is 2.22. The van der Waals surface area contributed by atoms with Crippen LogP contribution in [0.5, 0.6) is 17.2 Å². The maximum Gasteiger partial charge on any atom is 0.361 e. The highest BCUT2D eigenvalue weighted by Crippen LogP contribution is 2.40. The largest absolute Gasteiger partial charge is 0.495 e. The van der Waals surface area contributed by atoms with Crippen molar-refractivity contribution < 1.29 is 28.5 Å². The van der Waals surface area contributed by atoms with Crippen LogP contribution < -0.4 is 19.5 Å². The number of hydrogen-bond acceptors (Lipinski definition) is 8. The van der Waals surface area contributed by atoms with Gasteiger partial charge in [-0.3, -0.25) is 4.79 Å². The maximum atomic E-state index is 12.4. The number of halogens is 1. The van der Waals surface area contributed by atoms with Gasteiger partial charge < -0.3 is 24.3 Å². The van der Waals surface area contributed by atoms with Crippen LogP contribution in [-0.2, 0) is 9.53 Å². The Kier molecular flexibility index (Phi) is 7.66. The van der Waals surface area contributed by atoms with Gasteiger partial charge in [-0.1, -0.05) is 12.1 Å². The second-order valence-electron chi connectivity index (χ2n) is 6.27. The number of methoxy groups -OCH3 is 2. The van der Waals surface area contributed by atoms with E-state index in [4.69, 9.17) is 18.9 Å². The van der Waals surface area contributed by atoms with E-state index >= 15 is 0 Å². The third kappa shape index (κ3) is 5.17. The number of carbonyl (C=O) groups excluding carboxylic acids is 2. The molecule has 0 atom stereocenters. The monoisotopic (exact) mass is 504 g/mol. The highest BCUT2D eigenvalue weighted by molar-refractivity contribution is 9.10. The molecular formula is C21H21BrN4O6. The van der Waals surface area contributed by atoms with Crippen LogP contribution in [-0.4, -0.2) is 54.7 Å². The summed E-state index contributed by atoms with van der Waals surface area (Å²) in [6.07, 6.45) is 0. The quantitative estimate of drug-likeness (QED) is 0.424. The van der Waals surface area contributed by atoms with Gasteiger partial charge in [-0.2, -0.15) is 10.3 Å². The van der Waals surface area contributed by atoms with Crippen LogP contribution >= 0.6 is 15.9 Å². The van der Waals surface area contributed by atoms with E-state index in [1.807, 2.05) is 0 Å². The van der Waals surface area contributed by atoms with Gasteiger partial charge in [0.05, 0.1) is 31.0 Å². The number of aromatic nitrogens is 3. The van der Waals surface area contributed by atoms with Crippen molar-refractivity contribution in [2.45, 2.75) is 6.92 Å². The van der Waals surface area contributed by atoms with E-state index in [1.54, 1.807) is 43.3 Å². The lowest BCUT2D eigenvalue weighted by Gasteiger charge is -2.15. The van der Waals surface area contributed by atoms with Crippen molar-refractivity contribution in [2.24, 2.45) is 0 Å². The van der Waals surface area contributed by atoms with Crippen molar-refractivity contribution in [3.63, 3.8) is 0 Å². The van der Waals surface area contributed by atoms with E-state index in [1.165, 1.54) is 14.2 Å². The number of rotatable bonds is 9. The first-order valence-corrected chi connectivity index (χ1v) is 10.3. The summed E-state index contributed by atoms with van der Waals surface area (Å²) in [5, 5.41) is 13.1. The molecule has 11 heteroatoms. The number of H-pyrrole nitrogens is 1. The molecule has 0 spiro atoms. The molecular weight excluding hydrogens is 484 g/mol. The Morgan fingerprint density at radius 2 is 1.84 bits per heavy atom. The zero-order chi connectivity index (χ0) is 23.1. The van der Waals surface area contributed by atoms with Gasteiger partial charge in [0.1, 0.15) is 11.4 Å². The Labute approximate surface area is 192 Å². The average molecular weight is 505 g/mol. The molecule has 32 heavy (non-hydrogen) atoms. The predicted octanol–water partition coefficient (Wildman–Crippen LogP) is 3.45. The minimum atomic E-state index is -0.598. The molecule has 1 amide bonds. The van der Waals surface area contributed by atoms with E-state index in [2.05, 4.69) is 36.7 Å². The molecule has 1 aromatic heterocycles. The predicted molar refractivity (Wildman–Crippen MR) is 119 cm³/mol. The van der Waals surface area contributed by atoms with Crippen LogP contribution in [0, 0.1) is 0 Å². The molecule has 168 valence electrons. The van der Waals surface area contributed by atoms with E-state index in [-0.39, 0.29) is 24.8 Å². The summed E-state index contributed by atoms with van der Waals surface area (Å²) in [4.78, 5) is 24.5. The van der Waals surface area contributed by atoms with Gasteiger partial charge in [-0.05, 0) is 47.1 Å². The van der Waals surface area contributed by atoms with Crippen LogP contribution in [0.15, 0.2) is 40.9 Å². The third-order valence-corrected chi connectivity index (χ3v) is 4.84. The summed E-state index contributed by atoms with van der Waals surface area (Å²) in [7, 11) is 2.98. The van der Waals surface area contributed by atoms with Crippen molar-refractivity contribution in [1.29, 1.82) is 0 Å². The molecule has 0 unspecified atom stereocenters. The summed E-state index contributed by atoms with van der Waals surface area (Å²) in [5.74, 6) is 0.201. The zero-order valence-electron chi connectivity index (χ0n) is 17.6. The maximum absolute atomic E-state index is 12.4. The summed E-state index contributed by atoms with van der Waals surface area (Å²) in [6, 6.07) is 10.3. The number of para-hydroxylation sites is 2. The van der Waals surface area contributed by atoms with Crippen molar-refractivity contribution >= 4 is 33.5 Å². The van der Waals surface area contributed by atoms with Crippen LogP contribution in [0.3, 0.4) is 0 Å². The number of nitrogens with one attached hydrogen (secondary N) is 2. The van der Waals surface area contributed by atoms with Gasteiger partial charge in [0.25, 0.3) is 5.91 Å². The van der Waals surface area contributed by atoms with Crippen LogP contribution in [0.1, 0.15) is 17.4 Å². The fourth-order valence-corrected chi connectivity index (χ4v) is 3.40. The summed E-state index contributed by atoms with van der Waals surface area (Å²) < 4.78 is 21.8. The molecule has 3 rings (SSSR count). The molecule has 0 aliphatic rings. The standard InChI is InChI=1S/C21H21BrN4O6/c1-4-31-21(28)19-18(24-26-25-19)12-9-13(22)20(16(10-12)30-3)32-11-17(27)23-14-7-5-6-8-15(14)29-2/h5-10H,4,11H2,1-3H3,(H,23,27)(H,24,25,26). The van der Waals surface area contributed by atoms with Crippen molar-refractivity contribution in [2.75, 3.05) is 32.8 Å². The Hall–Kier alpha value is -3.60. The Balaban J connectivity index is 1.78. The van der Waals surface area contributed by atoms with E-state index in [9.17, 15) is 9.59 Å². The number of ether oxygens (including phenoxy) is 4. The minimum absolute atomic E-state index is 0.0469. The number of hydrogen-bond donors (Lipinski definition) is 2. The summed E-state index contributed by atoms with van der Waals surface area (Å²) in [5.41, 5.74) is 1.41. The molecule has 0 saturated heterocycles. The van der Waals surface area contributed by atoms with E-state index in [0.29, 0.717) is 38.7 Å². The lowest BCUT2D eigenvalue weighted by Crippen LogP contribution is -2.20. The molecule has 1 heterocycles. The number of carbonyl (C=O) groups is 2. The number of benzene rings is 2. The van der Waals surface area contributed by atoms with Gasteiger partial charge in [-0.15, -0.1) is 5.10 Å². The smallest absolute Gasteiger partial charge is 0.361 e. The number of aromatic amines is 1. The number of amides is 1.